The maximum Gasteiger partial charge on any atom is 0.391 e. The van der Waals surface area contributed by atoms with Gasteiger partial charge in [0.05, 0.1) is 11.6 Å². The van der Waals surface area contributed by atoms with Crippen molar-refractivity contribution >= 4 is 11.7 Å². The van der Waals surface area contributed by atoms with Crippen molar-refractivity contribution in [1.82, 2.24) is 15.4 Å². The SMILES string of the molecule is Cc1nccnc1NNC(=O)C1CCCC(C(F)(F)F)C1. The molecule has 1 fully saturated rings. The fraction of sp³-hybridized carbons (Fsp3) is 0.615. The van der Waals surface area contributed by atoms with Crippen molar-refractivity contribution < 1.29 is 18.0 Å². The number of alkyl halides is 3. The van der Waals surface area contributed by atoms with Crippen LogP contribution in [0.3, 0.4) is 0 Å². The summed E-state index contributed by atoms with van der Waals surface area (Å²) in [5.74, 6) is -2.07. The Morgan fingerprint density at radius 3 is 2.67 bits per heavy atom. The molecule has 0 aromatic carbocycles. The Bertz CT molecular complexity index is 506. The Balaban J connectivity index is 1.90. The van der Waals surface area contributed by atoms with Crippen molar-refractivity contribution in [2.24, 2.45) is 11.8 Å². The van der Waals surface area contributed by atoms with Crippen LogP contribution >= 0.6 is 0 Å². The van der Waals surface area contributed by atoms with E-state index in [-0.39, 0.29) is 12.8 Å². The van der Waals surface area contributed by atoms with E-state index in [0.29, 0.717) is 24.4 Å². The third-order valence-electron chi connectivity index (χ3n) is 3.69. The van der Waals surface area contributed by atoms with Crippen molar-refractivity contribution in [2.75, 3.05) is 5.43 Å². The summed E-state index contributed by atoms with van der Waals surface area (Å²) < 4.78 is 38.1. The van der Waals surface area contributed by atoms with Gasteiger partial charge in [-0.15, -0.1) is 0 Å². The molecule has 0 aliphatic heterocycles. The van der Waals surface area contributed by atoms with Crippen molar-refractivity contribution in [2.45, 2.75) is 38.8 Å². The predicted octanol–water partition coefficient (Wildman–Crippen LogP) is 2.60. The lowest BCUT2D eigenvalue weighted by Gasteiger charge is -2.29. The number of nitrogens with zero attached hydrogens (tertiary/aromatic N) is 2. The molecular formula is C13H17F3N4O. The minimum atomic E-state index is -4.23. The zero-order chi connectivity index (χ0) is 15.5. The van der Waals surface area contributed by atoms with Crippen LogP contribution < -0.4 is 10.9 Å². The minimum Gasteiger partial charge on any atom is -0.280 e. The van der Waals surface area contributed by atoms with Crippen LogP contribution in [0.4, 0.5) is 19.0 Å². The average Bonchev–Trinajstić information content (AvgIpc) is 2.45. The summed E-state index contributed by atoms with van der Waals surface area (Å²) in [7, 11) is 0. The van der Waals surface area contributed by atoms with Gasteiger partial charge in [0.2, 0.25) is 5.91 Å². The Morgan fingerprint density at radius 2 is 2.00 bits per heavy atom. The smallest absolute Gasteiger partial charge is 0.280 e. The molecule has 8 heteroatoms. The van der Waals surface area contributed by atoms with Crippen LogP contribution in [-0.2, 0) is 4.79 Å². The molecule has 5 nitrogen and oxygen atoms in total. The number of hydrogen-bond donors (Lipinski definition) is 2. The van der Waals surface area contributed by atoms with Gasteiger partial charge >= 0.3 is 6.18 Å². The number of aromatic nitrogens is 2. The summed E-state index contributed by atoms with van der Waals surface area (Å²) in [5.41, 5.74) is 5.62. The lowest BCUT2D eigenvalue weighted by Crippen LogP contribution is -2.40. The molecule has 1 aromatic rings. The molecule has 2 unspecified atom stereocenters. The molecule has 2 rings (SSSR count). The Hall–Kier alpha value is -1.86. The van der Waals surface area contributed by atoms with Crippen LogP contribution in [0.25, 0.3) is 0 Å². The number of rotatable bonds is 3. The Kier molecular flexibility index (Phi) is 4.64. The second-order valence-electron chi connectivity index (χ2n) is 5.21. The van der Waals surface area contributed by atoms with E-state index in [1.165, 1.54) is 12.4 Å². The van der Waals surface area contributed by atoms with Gasteiger partial charge in [0.25, 0.3) is 0 Å². The second kappa shape index (κ2) is 6.28. The number of nitrogens with one attached hydrogen (secondary N) is 2. The van der Waals surface area contributed by atoms with Crippen LogP contribution in [-0.4, -0.2) is 22.1 Å². The first kappa shape index (κ1) is 15.5. The molecule has 1 aliphatic rings. The van der Waals surface area contributed by atoms with Crippen molar-refractivity contribution in [3.8, 4) is 0 Å². The van der Waals surface area contributed by atoms with E-state index in [9.17, 15) is 18.0 Å². The largest absolute Gasteiger partial charge is 0.391 e. The molecule has 0 saturated heterocycles. The second-order valence-corrected chi connectivity index (χ2v) is 5.21. The highest BCUT2D eigenvalue weighted by Gasteiger charge is 2.43. The number of anilines is 1. The maximum atomic E-state index is 12.7. The Labute approximate surface area is 120 Å². The lowest BCUT2D eigenvalue weighted by atomic mass is 9.80. The standard InChI is InChI=1S/C13H17F3N4O/c1-8-11(18-6-5-17-8)19-20-12(21)9-3-2-4-10(7-9)13(14,15)16/h5-6,9-10H,2-4,7H2,1H3,(H,18,19)(H,20,21). The van der Waals surface area contributed by atoms with Crippen LogP contribution in [0, 0.1) is 18.8 Å². The topological polar surface area (TPSA) is 66.9 Å². The first-order chi connectivity index (χ1) is 9.88. The van der Waals surface area contributed by atoms with Crippen molar-refractivity contribution in [1.29, 1.82) is 0 Å². The summed E-state index contributed by atoms with van der Waals surface area (Å²) in [6.07, 6.45) is -0.431. The molecule has 1 amide bonds. The summed E-state index contributed by atoms with van der Waals surface area (Å²) >= 11 is 0. The number of carbonyl (C=O) groups excluding carboxylic acids is 1. The maximum absolute atomic E-state index is 12.7. The predicted molar refractivity (Wildman–Crippen MR) is 70.0 cm³/mol. The quantitative estimate of drug-likeness (QED) is 0.842. The Morgan fingerprint density at radius 1 is 1.29 bits per heavy atom. The molecule has 116 valence electrons. The normalized spacial score (nSPS) is 22.7. The number of halogens is 3. The monoisotopic (exact) mass is 302 g/mol. The molecule has 0 radical (unpaired) electrons. The highest BCUT2D eigenvalue weighted by Crippen LogP contribution is 2.39. The van der Waals surface area contributed by atoms with Gasteiger partial charge in [-0.25, -0.2) is 4.98 Å². The number of hydrogen-bond acceptors (Lipinski definition) is 4. The third kappa shape index (κ3) is 4.05. The number of carbonyl (C=O) groups is 1. The molecule has 1 aliphatic carbocycles. The van der Waals surface area contributed by atoms with Gasteiger partial charge in [0, 0.05) is 18.3 Å². The molecule has 1 saturated carbocycles. The first-order valence-electron chi connectivity index (χ1n) is 6.78. The fourth-order valence-electron chi connectivity index (χ4n) is 2.48. The average molecular weight is 302 g/mol. The van der Waals surface area contributed by atoms with E-state index in [0.717, 1.165) is 0 Å². The zero-order valence-electron chi connectivity index (χ0n) is 11.6. The molecular weight excluding hydrogens is 285 g/mol. The zero-order valence-corrected chi connectivity index (χ0v) is 11.6. The van der Waals surface area contributed by atoms with Gasteiger partial charge in [0.1, 0.15) is 0 Å². The van der Waals surface area contributed by atoms with Gasteiger partial charge in [-0.3, -0.25) is 20.6 Å². The molecule has 0 spiro atoms. The van der Waals surface area contributed by atoms with Gasteiger partial charge in [0.15, 0.2) is 5.82 Å². The van der Waals surface area contributed by atoms with Crippen molar-refractivity contribution in [3.05, 3.63) is 18.1 Å². The van der Waals surface area contributed by atoms with Crippen LogP contribution in [0.5, 0.6) is 0 Å². The minimum absolute atomic E-state index is 0.101. The number of hydrazine groups is 1. The van der Waals surface area contributed by atoms with Crippen molar-refractivity contribution in [3.63, 3.8) is 0 Å². The van der Waals surface area contributed by atoms with Gasteiger partial charge < -0.3 is 0 Å². The van der Waals surface area contributed by atoms with E-state index in [1.807, 2.05) is 0 Å². The van der Waals surface area contributed by atoms with E-state index in [4.69, 9.17) is 0 Å². The van der Waals surface area contributed by atoms with E-state index < -0.39 is 23.9 Å². The summed E-state index contributed by atoms with van der Waals surface area (Å²) in [4.78, 5) is 19.9. The fourth-order valence-corrected chi connectivity index (χ4v) is 2.48. The summed E-state index contributed by atoms with van der Waals surface area (Å²) in [6.45, 7) is 1.71. The van der Waals surface area contributed by atoms with Gasteiger partial charge in [-0.1, -0.05) is 6.42 Å². The van der Waals surface area contributed by atoms with E-state index in [1.54, 1.807) is 6.92 Å². The molecule has 2 atom stereocenters. The highest BCUT2D eigenvalue weighted by atomic mass is 19.4. The number of aryl methyl sites for hydroxylation is 1. The van der Waals surface area contributed by atoms with Crippen LogP contribution in [0.2, 0.25) is 0 Å². The molecule has 0 bridgehead atoms. The van der Waals surface area contributed by atoms with Gasteiger partial charge in [-0.05, 0) is 26.2 Å². The number of amides is 1. The van der Waals surface area contributed by atoms with E-state index in [2.05, 4.69) is 20.8 Å². The molecule has 1 heterocycles. The molecule has 21 heavy (non-hydrogen) atoms. The molecule has 1 aromatic heterocycles. The summed E-state index contributed by atoms with van der Waals surface area (Å²) in [6, 6.07) is 0. The van der Waals surface area contributed by atoms with E-state index >= 15 is 0 Å². The lowest BCUT2D eigenvalue weighted by molar-refractivity contribution is -0.186. The van der Waals surface area contributed by atoms with Crippen LogP contribution in [0.15, 0.2) is 12.4 Å². The summed E-state index contributed by atoms with van der Waals surface area (Å²) in [5, 5.41) is 0. The molecule has 2 N–H and O–H groups in total. The van der Waals surface area contributed by atoms with Crippen LogP contribution in [0.1, 0.15) is 31.4 Å². The third-order valence-corrected chi connectivity index (χ3v) is 3.69. The first-order valence-corrected chi connectivity index (χ1v) is 6.78. The highest BCUT2D eigenvalue weighted by molar-refractivity contribution is 5.79. The van der Waals surface area contributed by atoms with Gasteiger partial charge in [-0.2, -0.15) is 13.2 Å².